The van der Waals surface area contributed by atoms with Gasteiger partial charge in [-0.2, -0.15) is 0 Å². The molecule has 0 heterocycles. The van der Waals surface area contributed by atoms with Gasteiger partial charge < -0.3 is 5.32 Å². The number of carbonyl (C=O) groups is 2. The summed E-state index contributed by atoms with van der Waals surface area (Å²) in [6, 6.07) is 0. The van der Waals surface area contributed by atoms with Crippen LogP contribution in [0.1, 0.15) is 0 Å². The third-order valence-electron chi connectivity index (χ3n) is 1.42. The second-order valence-corrected chi connectivity index (χ2v) is 2.33. The summed E-state index contributed by atoms with van der Waals surface area (Å²) in [5.41, 5.74) is 0.731. The Labute approximate surface area is 70.5 Å². The Balaban J connectivity index is 2.73. The molecule has 12 heavy (non-hydrogen) atoms. The molecule has 1 amide bonds. The fourth-order valence-electron chi connectivity index (χ4n) is 0.788. The lowest BCUT2D eigenvalue weighted by Crippen LogP contribution is -2.14. The Bertz CT molecular complexity index is 280. The molecule has 1 aliphatic carbocycles. The second-order valence-electron chi connectivity index (χ2n) is 2.33. The molecular formula is C9H9NO2. The molecule has 0 fully saturated rings. The maximum atomic E-state index is 10.8. The van der Waals surface area contributed by atoms with Gasteiger partial charge in [0.2, 0.25) is 5.91 Å². The van der Waals surface area contributed by atoms with Gasteiger partial charge in [-0.15, -0.1) is 0 Å². The third kappa shape index (κ3) is 2.20. The molecule has 0 unspecified atom stereocenters. The number of nitrogens with one attached hydrogen (secondary N) is 1. The van der Waals surface area contributed by atoms with Crippen LogP contribution in [0.25, 0.3) is 0 Å². The van der Waals surface area contributed by atoms with Crippen molar-refractivity contribution in [2.24, 2.45) is 0 Å². The quantitative estimate of drug-likeness (QED) is 0.567. The van der Waals surface area contributed by atoms with Crippen molar-refractivity contribution in [1.29, 1.82) is 0 Å². The highest BCUT2D eigenvalue weighted by Gasteiger charge is 1.99. The number of carbonyl (C=O) groups excluding carboxylic acids is 2. The molecule has 1 N–H and O–H groups in total. The smallest absolute Gasteiger partial charge is 0.244 e. The summed E-state index contributed by atoms with van der Waals surface area (Å²) in [4.78, 5) is 21.5. The predicted octanol–water partition coefficient (Wildman–Crippen LogP) is 0.354. The van der Waals surface area contributed by atoms with Gasteiger partial charge >= 0.3 is 0 Å². The molecule has 0 saturated heterocycles. The van der Waals surface area contributed by atoms with Crippen molar-refractivity contribution in [1.82, 2.24) is 5.32 Å². The molecule has 3 nitrogen and oxygen atoms in total. The van der Waals surface area contributed by atoms with Crippen molar-refractivity contribution < 1.29 is 9.59 Å². The Hall–Kier alpha value is -1.64. The lowest BCUT2D eigenvalue weighted by Gasteiger charge is -1.98. The van der Waals surface area contributed by atoms with Crippen LogP contribution in [0, 0.1) is 0 Å². The van der Waals surface area contributed by atoms with E-state index in [1.807, 2.05) is 0 Å². The van der Waals surface area contributed by atoms with Crippen LogP contribution < -0.4 is 5.32 Å². The van der Waals surface area contributed by atoms with E-state index in [9.17, 15) is 9.59 Å². The maximum absolute atomic E-state index is 10.8. The van der Waals surface area contributed by atoms with E-state index in [1.165, 1.54) is 18.2 Å². The lowest BCUT2D eigenvalue weighted by molar-refractivity contribution is -0.116. The van der Waals surface area contributed by atoms with Gasteiger partial charge in [-0.05, 0) is 17.7 Å². The molecule has 0 atom stereocenters. The van der Waals surface area contributed by atoms with Crippen molar-refractivity contribution in [2.75, 3.05) is 7.05 Å². The fourth-order valence-corrected chi connectivity index (χ4v) is 0.788. The van der Waals surface area contributed by atoms with E-state index in [2.05, 4.69) is 5.32 Å². The van der Waals surface area contributed by atoms with Crippen molar-refractivity contribution in [3.63, 3.8) is 0 Å². The van der Waals surface area contributed by atoms with E-state index in [1.54, 1.807) is 19.2 Å². The first-order valence-corrected chi connectivity index (χ1v) is 3.56. The van der Waals surface area contributed by atoms with Gasteiger partial charge in [0.1, 0.15) is 0 Å². The van der Waals surface area contributed by atoms with Gasteiger partial charge in [-0.3, -0.25) is 9.59 Å². The van der Waals surface area contributed by atoms with Crippen molar-refractivity contribution in [3.05, 3.63) is 36.0 Å². The highest BCUT2D eigenvalue weighted by molar-refractivity contribution is 6.02. The summed E-state index contributed by atoms with van der Waals surface area (Å²) in [7, 11) is 1.56. The minimum absolute atomic E-state index is 0.0518. The first kappa shape index (κ1) is 8.46. The average molecular weight is 163 g/mol. The van der Waals surface area contributed by atoms with Crippen molar-refractivity contribution in [2.45, 2.75) is 0 Å². The van der Waals surface area contributed by atoms with Gasteiger partial charge in [-0.1, -0.05) is 12.2 Å². The van der Waals surface area contributed by atoms with E-state index in [4.69, 9.17) is 0 Å². The zero-order valence-corrected chi connectivity index (χ0v) is 6.70. The second kappa shape index (κ2) is 3.67. The van der Waals surface area contributed by atoms with Crippen LogP contribution >= 0.6 is 0 Å². The fraction of sp³-hybridized carbons (Fsp3) is 0.111. The summed E-state index contributed by atoms with van der Waals surface area (Å²) in [6.07, 6.45) is 7.50. The number of amides is 1. The monoisotopic (exact) mass is 163 g/mol. The van der Waals surface area contributed by atoms with E-state index < -0.39 is 0 Å². The molecular weight excluding hydrogens is 154 g/mol. The highest BCUT2D eigenvalue weighted by atomic mass is 16.1. The van der Waals surface area contributed by atoms with Gasteiger partial charge in [0.15, 0.2) is 5.78 Å². The molecule has 0 aromatic heterocycles. The number of rotatable bonds is 1. The van der Waals surface area contributed by atoms with Crippen LogP contribution in [0.3, 0.4) is 0 Å². The molecule has 62 valence electrons. The van der Waals surface area contributed by atoms with Gasteiger partial charge in [0, 0.05) is 13.1 Å². The molecule has 0 aromatic rings. The summed E-state index contributed by atoms with van der Waals surface area (Å²) in [6.45, 7) is 0. The van der Waals surface area contributed by atoms with Gasteiger partial charge in [-0.25, -0.2) is 0 Å². The maximum Gasteiger partial charge on any atom is 0.244 e. The van der Waals surface area contributed by atoms with Crippen LogP contribution in [0.15, 0.2) is 36.0 Å². The minimum atomic E-state index is -0.173. The van der Waals surface area contributed by atoms with Crippen molar-refractivity contribution in [3.8, 4) is 0 Å². The largest absolute Gasteiger partial charge is 0.356 e. The van der Waals surface area contributed by atoms with Gasteiger partial charge in [0.05, 0.1) is 0 Å². The summed E-state index contributed by atoms with van der Waals surface area (Å²) < 4.78 is 0. The number of allylic oxidation sites excluding steroid dienone is 5. The standard InChI is InChI=1S/C9H9NO2/c1-10-9(12)6-7-2-4-8(11)5-3-7/h2-6H,1H3,(H,10,12). The topological polar surface area (TPSA) is 46.2 Å². The molecule has 1 rings (SSSR count). The zero-order valence-electron chi connectivity index (χ0n) is 6.70. The first-order chi connectivity index (χ1) is 5.72. The molecule has 3 heteroatoms. The lowest BCUT2D eigenvalue weighted by atomic mass is 10.1. The van der Waals surface area contributed by atoms with Crippen LogP contribution in [0.5, 0.6) is 0 Å². The average Bonchev–Trinajstić information content (AvgIpc) is 2.09. The highest BCUT2D eigenvalue weighted by Crippen LogP contribution is 2.04. The molecule has 0 spiro atoms. The Kier molecular flexibility index (Phi) is 2.58. The van der Waals surface area contributed by atoms with Crippen LogP contribution in [0.4, 0.5) is 0 Å². The molecule has 0 bridgehead atoms. The SMILES string of the molecule is CNC(=O)C=C1C=CC(=O)C=C1. The van der Waals surface area contributed by atoms with Crippen LogP contribution in [-0.4, -0.2) is 18.7 Å². The molecule has 0 radical (unpaired) electrons. The summed E-state index contributed by atoms with van der Waals surface area (Å²) >= 11 is 0. The number of hydrogen-bond acceptors (Lipinski definition) is 2. The van der Waals surface area contributed by atoms with E-state index in [0.717, 1.165) is 5.57 Å². The molecule has 0 aliphatic heterocycles. The molecule has 0 aromatic carbocycles. The number of ketones is 1. The van der Waals surface area contributed by atoms with Crippen molar-refractivity contribution >= 4 is 11.7 Å². The first-order valence-electron chi connectivity index (χ1n) is 3.56. The Morgan fingerprint density at radius 2 is 1.92 bits per heavy atom. The van der Waals surface area contributed by atoms with Crippen LogP contribution in [0.2, 0.25) is 0 Å². The minimum Gasteiger partial charge on any atom is -0.356 e. The van der Waals surface area contributed by atoms with Crippen LogP contribution in [-0.2, 0) is 9.59 Å². The Morgan fingerprint density at radius 3 is 2.42 bits per heavy atom. The third-order valence-corrected chi connectivity index (χ3v) is 1.42. The number of likely N-dealkylation sites (N-methyl/N-ethyl adjacent to an activating group) is 1. The Morgan fingerprint density at radius 1 is 1.33 bits per heavy atom. The van der Waals surface area contributed by atoms with E-state index >= 15 is 0 Å². The zero-order chi connectivity index (χ0) is 8.97. The number of hydrogen-bond donors (Lipinski definition) is 1. The molecule has 1 aliphatic rings. The normalized spacial score (nSPS) is 14.8. The van der Waals surface area contributed by atoms with E-state index in [0.29, 0.717) is 0 Å². The summed E-state index contributed by atoms with van der Waals surface area (Å²) in [5.74, 6) is -0.224. The summed E-state index contributed by atoms with van der Waals surface area (Å²) in [5, 5.41) is 2.46. The van der Waals surface area contributed by atoms with E-state index in [-0.39, 0.29) is 11.7 Å². The molecule has 0 saturated carbocycles. The van der Waals surface area contributed by atoms with Gasteiger partial charge in [0.25, 0.3) is 0 Å². The predicted molar refractivity (Wildman–Crippen MR) is 45.4 cm³/mol.